The molecule has 1 saturated carbocycles. The molecule has 10 nitrogen and oxygen atoms in total. The smallest absolute Gasteiger partial charge is 0.210 e. The van der Waals surface area contributed by atoms with E-state index < -0.39 is 72.9 Å². The zero-order chi connectivity index (χ0) is 18.1. The average Bonchev–Trinajstić information content (AvgIpc) is 3.22. The number of ether oxygens (including phenoxy) is 4. The van der Waals surface area contributed by atoms with Gasteiger partial charge in [-0.15, -0.1) is 0 Å². The molecule has 3 fully saturated rings. The fourth-order valence-electron chi connectivity index (χ4n) is 4.17. The highest BCUT2D eigenvalue weighted by Gasteiger charge is 2.79. The number of hydrogen-bond acceptors (Lipinski definition) is 10. The molecule has 10 heteroatoms. The Labute approximate surface area is 142 Å². The lowest BCUT2D eigenvalue weighted by Crippen LogP contribution is -2.61. The number of aliphatic hydroxyl groups is 6. The lowest BCUT2D eigenvalue weighted by Gasteiger charge is -2.45. The van der Waals surface area contributed by atoms with Crippen molar-refractivity contribution in [2.45, 2.75) is 67.3 Å². The highest BCUT2D eigenvalue weighted by atomic mass is 16.8. The third-order valence-corrected chi connectivity index (χ3v) is 5.70. The quantitative estimate of drug-likeness (QED) is 0.278. The Morgan fingerprint density at radius 3 is 2.48 bits per heavy atom. The first-order valence-electron chi connectivity index (χ1n) is 8.11. The Morgan fingerprint density at radius 2 is 1.80 bits per heavy atom. The van der Waals surface area contributed by atoms with E-state index in [1.165, 1.54) is 12.3 Å². The lowest BCUT2D eigenvalue weighted by atomic mass is 9.82. The first-order valence-corrected chi connectivity index (χ1v) is 8.11. The van der Waals surface area contributed by atoms with Crippen LogP contribution in [-0.4, -0.2) is 97.7 Å². The van der Waals surface area contributed by atoms with Gasteiger partial charge in [0.05, 0.1) is 18.8 Å². The lowest BCUT2D eigenvalue weighted by molar-refractivity contribution is -0.349. The molecule has 2 saturated heterocycles. The van der Waals surface area contributed by atoms with Crippen LogP contribution in [0.25, 0.3) is 0 Å². The molecule has 3 heterocycles. The summed E-state index contributed by atoms with van der Waals surface area (Å²) < 4.78 is 21.8. The van der Waals surface area contributed by atoms with Gasteiger partial charge in [0.15, 0.2) is 6.29 Å². The Balaban J connectivity index is 1.56. The summed E-state index contributed by atoms with van der Waals surface area (Å²) in [5, 5.41) is 60.0. The molecule has 142 valence electrons. The van der Waals surface area contributed by atoms with Gasteiger partial charge in [0.2, 0.25) is 6.29 Å². The standard InChI is InChI=1S/C15H22O10/c1-14-9-13(22-3-2-15(9,21)10(20)11(14)25-14)24-12-8(19)7(18)6(17)5(4-16)23-12/h2-3,5-13,16-21H,4H2,1H3/t5-,6-,7+,8-,9-,10+,11+,12-,13+,14-,15+/m1/s1. The predicted octanol–water partition coefficient (Wildman–Crippen LogP) is -3.45. The van der Waals surface area contributed by atoms with Crippen LogP contribution in [0.2, 0.25) is 0 Å². The summed E-state index contributed by atoms with van der Waals surface area (Å²) in [5.41, 5.74) is -2.51. The molecule has 0 radical (unpaired) electrons. The van der Waals surface area contributed by atoms with Crippen LogP contribution in [-0.2, 0) is 18.9 Å². The van der Waals surface area contributed by atoms with Gasteiger partial charge in [-0.1, -0.05) is 0 Å². The van der Waals surface area contributed by atoms with Crippen molar-refractivity contribution in [1.82, 2.24) is 0 Å². The molecule has 1 aliphatic carbocycles. The molecule has 0 aromatic rings. The molecule has 0 aromatic heterocycles. The van der Waals surface area contributed by atoms with Crippen LogP contribution in [0.5, 0.6) is 0 Å². The average molecular weight is 362 g/mol. The van der Waals surface area contributed by atoms with Gasteiger partial charge >= 0.3 is 0 Å². The van der Waals surface area contributed by atoms with Crippen molar-refractivity contribution in [3.63, 3.8) is 0 Å². The highest BCUT2D eigenvalue weighted by molar-refractivity contribution is 5.31. The third kappa shape index (κ3) is 2.30. The molecule has 4 rings (SSSR count). The minimum Gasteiger partial charge on any atom is -0.472 e. The zero-order valence-electron chi connectivity index (χ0n) is 13.4. The van der Waals surface area contributed by atoms with Crippen molar-refractivity contribution >= 4 is 0 Å². The molecule has 0 unspecified atom stereocenters. The van der Waals surface area contributed by atoms with E-state index in [2.05, 4.69) is 0 Å². The van der Waals surface area contributed by atoms with Gasteiger partial charge in [0, 0.05) is 0 Å². The van der Waals surface area contributed by atoms with Crippen molar-refractivity contribution < 1.29 is 49.6 Å². The van der Waals surface area contributed by atoms with E-state index in [0.717, 1.165) is 0 Å². The first-order chi connectivity index (χ1) is 11.7. The number of fused-ring (bicyclic) bond motifs is 3. The normalized spacial score (nSPS) is 59.9. The van der Waals surface area contributed by atoms with E-state index in [1.54, 1.807) is 6.92 Å². The summed E-state index contributed by atoms with van der Waals surface area (Å²) in [5.74, 6) is -0.808. The van der Waals surface area contributed by atoms with E-state index in [-0.39, 0.29) is 0 Å². The fourth-order valence-corrected chi connectivity index (χ4v) is 4.17. The largest absolute Gasteiger partial charge is 0.472 e. The van der Waals surface area contributed by atoms with E-state index in [0.29, 0.717) is 0 Å². The van der Waals surface area contributed by atoms with Gasteiger partial charge in [-0.3, -0.25) is 0 Å². The molecule has 25 heavy (non-hydrogen) atoms. The molecular formula is C15H22O10. The van der Waals surface area contributed by atoms with Gasteiger partial charge in [0.1, 0.15) is 47.8 Å². The van der Waals surface area contributed by atoms with Crippen molar-refractivity contribution in [2.24, 2.45) is 5.92 Å². The fraction of sp³-hybridized carbons (Fsp3) is 0.867. The van der Waals surface area contributed by atoms with Crippen LogP contribution in [0, 0.1) is 5.92 Å². The Kier molecular flexibility index (Phi) is 3.93. The van der Waals surface area contributed by atoms with E-state index in [1.807, 2.05) is 0 Å². The molecule has 0 spiro atoms. The molecule has 0 bridgehead atoms. The number of aliphatic hydroxyl groups excluding tert-OH is 5. The summed E-state index contributed by atoms with van der Waals surface area (Å²) in [6.07, 6.45) is -7.63. The van der Waals surface area contributed by atoms with Crippen molar-refractivity contribution in [2.75, 3.05) is 6.61 Å². The molecule has 4 aliphatic rings. The van der Waals surface area contributed by atoms with Crippen molar-refractivity contribution in [3.05, 3.63) is 12.3 Å². The van der Waals surface area contributed by atoms with Gasteiger partial charge in [-0.05, 0) is 13.0 Å². The zero-order valence-corrected chi connectivity index (χ0v) is 13.4. The second kappa shape index (κ2) is 5.59. The summed E-state index contributed by atoms with van der Waals surface area (Å²) in [6, 6.07) is 0. The van der Waals surface area contributed by atoms with Gasteiger partial charge in [-0.2, -0.15) is 0 Å². The Bertz CT molecular complexity index is 569. The number of rotatable bonds is 3. The molecular weight excluding hydrogens is 340 g/mol. The van der Waals surface area contributed by atoms with Gasteiger partial charge in [-0.25, -0.2) is 0 Å². The van der Waals surface area contributed by atoms with Crippen LogP contribution in [0.4, 0.5) is 0 Å². The van der Waals surface area contributed by atoms with Crippen LogP contribution >= 0.6 is 0 Å². The van der Waals surface area contributed by atoms with Crippen LogP contribution in [0.3, 0.4) is 0 Å². The van der Waals surface area contributed by atoms with Crippen molar-refractivity contribution in [3.8, 4) is 0 Å². The highest BCUT2D eigenvalue weighted by Crippen LogP contribution is 2.61. The van der Waals surface area contributed by atoms with Crippen LogP contribution in [0.1, 0.15) is 6.92 Å². The minimum absolute atomic E-state index is 0.574. The Morgan fingerprint density at radius 1 is 1.08 bits per heavy atom. The molecule has 11 atom stereocenters. The van der Waals surface area contributed by atoms with E-state index in [9.17, 15) is 30.6 Å². The van der Waals surface area contributed by atoms with Gasteiger partial charge < -0.3 is 49.6 Å². The number of epoxide rings is 1. The predicted molar refractivity (Wildman–Crippen MR) is 76.6 cm³/mol. The van der Waals surface area contributed by atoms with E-state index in [4.69, 9.17) is 18.9 Å². The SMILES string of the molecule is C[C@]12O[C@H]1[C@H](O)[C@]1(O)C=CO[C@@H](O[C@H]3O[C@H](CO)[C@@H](O)[C@H](O)[C@H]3O)[C@@H]12. The van der Waals surface area contributed by atoms with Crippen LogP contribution < -0.4 is 0 Å². The monoisotopic (exact) mass is 362 g/mol. The topological polar surface area (TPSA) is 162 Å². The maximum Gasteiger partial charge on any atom is 0.210 e. The van der Waals surface area contributed by atoms with E-state index >= 15 is 0 Å². The summed E-state index contributed by atoms with van der Waals surface area (Å²) in [4.78, 5) is 0. The second-order valence-corrected chi connectivity index (χ2v) is 7.17. The summed E-state index contributed by atoms with van der Waals surface area (Å²) in [6.45, 7) is 1.11. The summed E-state index contributed by atoms with van der Waals surface area (Å²) >= 11 is 0. The van der Waals surface area contributed by atoms with Crippen LogP contribution in [0.15, 0.2) is 12.3 Å². The Hall–Kier alpha value is -0.820. The minimum atomic E-state index is -1.63. The molecule has 6 N–H and O–H groups in total. The second-order valence-electron chi connectivity index (χ2n) is 7.17. The molecule has 0 aromatic carbocycles. The molecule has 0 amide bonds. The maximum atomic E-state index is 10.8. The third-order valence-electron chi connectivity index (χ3n) is 5.70. The van der Waals surface area contributed by atoms with Crippen molar-refractivity contribution in [1.29, 1.82) is 0 Å². The molecule has 3 aliphatic heterocycles. The first kappa shape index (κ1) is 17.6. The summed E-state index contributed by atoms with van der Waals surface area (Å²) in [7, 11) is 0. The van der Waals surface area contributed by atoms with Gasteiger partial charge in [0.25, 0.3) is 0 Å². The number of hydrogen-bond donors (Lipinski definition) is 6. The maximum absolute atomic E-state index is 10.8.